The van der Waals surface area contributed by atoms with Crippen LogP contribution in [-0.2, 0) is 12.8 Å². The van der Waals surface area contributed by atoms with Crippen LogP contribution >= 0.6 is 11.3 Å². The molecule has 2 N–H and O–H groups in total. The first-order valence-corrected chi connectivity index (χ1v) is 12.4. The van der Waals surface area contributed by atoms with Gasteiger partial charge < -0.3 is 10.6 Å². The predicted octanol–water partition coefficient (Wildman–Crippen LogP) is 4.79. The van der Waals surface area contributed by atoms with Crippen LogP contribution in [0.1, 0.15) is 31.4 Å². The van der Waals surface area contributed by atoms with Gasteiger partial charge in [0.05, 0.1) is 21.5 Å². The molecule has 3 aromatic heterocycles. The topological polar surface area (TPSA) is 84.0 Å². The van der Waals surface area contributed by atoms with Crippen molar-refractivity contribution >= 4 is 45.0 Å². The summed E-state index contributed by atoms with van der Waals surface area (Å²) in [5.74, 6) is -0.378. The lowest BCUT2D eigenvalue weighted by molar-refractivity contribution is 0.0953. The lowest BCUT2D eigenvalue weighted by atomic mass is 10.2. The van der Waals surface area contributed by atoms with E-state index in [-0.39, 0.29) is 11.8 Å². The van der Waals surface area contributed by atoms with Gasteiger partial charge in [0.2, 0.25) is 0 Å². The van der Waals surface area contributed by atoms with Gasteiger partial charge in [-0.3, -0.25) is 19.6 Å². The van der Waals surface area contributed by atoms with E-state index in [1.807, 2.05) is 72.8 Å². The molecule has 0 fully saturated rings. The summed E-state index contributed by atoms with van der Waals surface area (Å²) >= 11 is 1.26. The number of carbonyl (C=O) groups is 2. The molecule has 0 atom stereocenters. The number of pyridine rings is 2. The highest BCUT2D eigenvalue weighted by Gasteiger charge is 2.13. The Morgan fingerprint density at radius 2 is 1.23 bits per heavy atom. The van der Waals surface area contributed by atoms with Crippen LogP contribution in [0, 0.1) is 0 Å². The Hall–Kier alpha value is -4.10. The van der Waals surface area contributed by atoms with Crippen LogP contribution < -0.4 is 10.6 Å². The number of thiophene rings is 1. The van der Waals surface area contributed by atoms with Crippen LogP contribution in [-0.4, -0.2) is 34.9 Å². The fourth-order valence-corrected chi connectivity index (χ4v) is 4.67. The smallest absolute Gasteiger partial charge is 0.261 e. The third-order valence-corrected chi connectivity index (χ3v) is 6.66. The van der Waals surface area contributed by atoms with Gasteiger partial charge in [-0.1, -0.05) is 48.5 Å². The van der Waals surface area contributed by atoms with E-state index >= 15 is 0 Å². The van der Waals surface area contributed by atoms with Crippen molar-refractivity contribution in [2.45, 2.75) is 12.8 Å². The number of aromatic nitrogens is 2. The normalized spacial score (nSPS) is 11.0. The molecule has 174 valence electrons. The van der Waals surface area contributed by atoms with Gasteiger partial charge in [0.1, 0.15) is 0 Å². The molecule has 5 aromatic rings. The number of rotatable bonds is 8. The van der Waals surface area contributed by atoms with Crippen molar-refractivity contribution in [2.75, 3.05) is 13.1 Å². The van der Waals surface area contributed by atoms with Gasteiger partial charge in [0.25, 0.3) is 11.8 Å². The fourth-order valence-electron chi connectivity index (χ4n) is 3.87. The predicted molar refractivity (Wildman–Crippen MR) is 140 cm³/mol. The van der Waals surface area contributed by atoms with Crippen LogP contribution in [0.2, 0.25) is 0 Å². The van der Waals surface area contributed by atoms with Crippen LogP contribution in [0.4, 0.5) is 0 Å². The molecule has 7 heteroatoms. The minimum atomic E-state index is -0.193. The fraction of sp³-hybridized carbons (Fsp3) is 0.143. The second-order valence-electron chi connectivity index (χ2n) is 8.20. The Bertz CT molecular complexity index is 1400. The average molecular weight is 481 g/mol. The van der Waals surface area contributed by atoms with E-state index in [4.69, 9.17) is 0 Å². The molecule has 0 saturated carbocycles. The van der Waals surface area contributed by atoms with Crippen LogP contribution in [0.5, 0.6) is 0 Å². The van der Waals surface area contributed by atoms with E-state index in [1.54, 1.807) is 11.4 Å². The minimum Gasteiger partial charge on any atom is -0.352 e. The Morgan fingerprint density at radius 1 is 0.686 bits per heavy atom. The third-order valence-electron chi connectivity index (χ3n) is 5.73. The lowest BCUT2D eigenvalue weighted by Crippen LogP contribution is -2.26. The molecule has 3 heterocycles. The average Bonchev–Trinajstić information content (AvgIpc) is 3.39. The lowest BCUT2D eigenvalue weighted by Gasteiger charge is -2.05. The Labute approximate surface area is 207 Å². The number of nitrogens with one attached hydrogen (secondary N) is 2. The van der Waals surface area contributed by atoms with E-state index in [1.165, 1.54) is 11.3 Å². The summed E-state index contributed by atoms with van der Waals surface area (Å²) in [7, 11) is 0. The molecule has 0 bridgehead atoms. The molecule has 5 rings (SSSR count). The first-order chi connectivity index (χ1) is 17.2. The van der Waals surface area contributed by atoms with Gasteiger partial charge in [-0.15, -0.1) is 11.3 Å². The largest absolute Gasteiger partial charge is 0.352 e. The Morgan fingerprint density at radius 3 is 1.83 bits per heavy atom. The highest BCUT2D eigenvalue weighted by molar-refractivity contribution is 7.12. The van der Waals surface area contributed by atoms with E-state index < -0.39 is 0 Å². The Balaban J connectivity index is 1.10. The van der Waals surface area contributed by atoms with Gasteiger partial charge in [-0.05, 0) is 30.3 Å². The number of hydrogen-bond donors (Lipinski definition) is 2. The molecule has 0 unspecified atom stereocenters. The van der Waals surface area contributed by atoms with Crippen molar-refractivity contribution < 1.29 is 9.59 Å². The van der Waals surface area contributed by atoms with Crippen LogP contribution in [0.3, 0.4) is 0 Å². The minimum absolute atomic E-state index is 0.185. The molecule has 35 heavy (non-hydrogen) atoms. The SMILES string of the molecule is O=C(NCCc1ccc2ccccc2n1)c1csc(C(=O)NCCc2ccc3ccccc3n2)c1. The first kappa shape index (κ1) is 22.7. The molecule has 0 saturated heterocycles. The van der Waals surface area contributed by atoms with E-state index in [0.717, 1.165) is 33.2 Å². The maximum absolute atomic E-state index is 12.5. The number of amides is 2. The molecule has 0 aliphatic heterocycles. The molecule has 0 aliphatic rings. The quantitative estimate of drug-likeness (QED) is 0.335. The molecule has 2 amide bonds. The summed E-state index contributed by atoms with van der Waals surface area (Å²) in [6, 6.07) is 25.6. The Kier molecular flexibility index (Phi) is 6.77. The molecule has 6 nitrogen and oxygen atoms in total. The number of carbonyl (C=O) groups excluding carboxylic acids is 2. The molecule has 0 radical (unpaired) electrons. The van der Waals surface area contributed by atoms with E-state index in [9.17, 15) is 9.59 Å². The van der Waals surface area contributed by atoms with Crippen molar-refractivity contribution in [3.8, 4) is 0 Å². The van der Waals surface area contributed by atoms with Gasteiger partial charge in [0.15, 0.2) is 0 Å². The van der Waals surface area contributed by atoms with Crippen molar-refractivity contribution in [3.63, 3.8) is 0 Å². The molecule has 0 aliphatic carbocycles. The highest BCUT2D eigenvalue weighted by Crippen LogP contribution is 2.16. The van der Waals surface area contributed by atoms with Crippen LogP contribution in [0.15, 0.2) is 84.2 Å². The molecular weight excluding hydrogens is 456 g/mol. The third kappa shape index (κ3) is 5.53. The summed E-state index contributed by atoms with van der Waals surface area (Å²) < 4.78 is 0. The maximum Gasteiger partial charge on any atom is 0.261 e. The van der Waals surface area contributed by atoms with E-state index in [2.05, 4.69) is 20.6 Å². The highest BCUT2D eigenvalue weighted by atomic mass is 32.1. The zero-order valence-corrected chi connectivity index (χ0v) is 19.8. The summed E-state index contributed by atoms with van der Waals surface area (Å²) in [4.78, 5) is 34.8. The van der Waals surface area contributed by atoms with Crippen molar-refractivity contribution in [2.24, 2.45) is 0 Å². The standard InChI is InChI=1S/C28H24N4O2S/c33-27(29-15-13-22-11-9-19-5-1-3-7-24(19)31-22)21-17-26(35-18-21)28(34)30-16-14-23-12-10-20-6-2-4-8-25(20)32-23/h1-12,17-18H,13-16H2,(H,29,33)(H,30,34). The van der Waals surface area contributed by atoms with Gasteiger partial charge >= 0.3 is 0 Å². The molecule has 2 aromatic carbocycles. The second kappa shape index (κ2) is 10.4. The zero-order chi connectivity index (χ0) is 24.0. The number of fused-ring (bicyclic) bond motifs is 2. The first-order valence-electron chi connectivity index (χ1n) is 11.5. The van der Waals surface area contributed by atoms with Crippen molar-refractivity contribution in [1.29, 1.82) is 0 Å². The number of nitrogens with zero attached hydrogens (tertiary/aromatic N) is 2. The van der Waals surface area contributed by atoms with Crippen LogP contribution in [0.25, 0.3) is 21.8 Å². The zero-order valence-electron chi connectivity index (χ0n) is 19.0. The summed E-state index contributed by atoms with van der Waals surface area (Å²) in [5, 5.41) is 9.74. The monoisotopic (exact) mass is 480 g/mol. The van der Waals surface area contributed by atoms with Crippen molar-refractivity contribution in [3.05, 3.63) is 106 Å². The van der Waals surface area contributed by atoms with Gasteiger partial charge in [0, 0.05) is 53.5 Å². The van der Waals surface area contributed by atoms with Gasteiger partial charge in [-0.2, -0.15) is 0 Å². The number of para-hydroxylation sites is 2. The molecular formula is C28H24N4O2S. The maximum atomic E-state index is 12.5. The number of benzene rings is 2. The molecule has 0 spiro atoms. The number of hydrogen-bond acceptors (Lipinski definition) is 5. The second-order valence-corrected chi connectivity index (χ2v) is 9.11. The van der Waals surface area contributed by atoms with E-state index in [0.29, 0.717) is 36.4 Å². The van der Waals surface area contributed by atoms with Gasteiger partial charge in [-0.25, -0.2) is 0 Å². The summed E-state index contributed by atoms with van der Waals surface area (Å²) in [6.45, 7) is 0.947. The summed E-state index contributed by atoms with van der Waals surface area (Å²) in [5.41, 5.74) is 4.23. The summed E-state index contributed by atoms with van der Waals surface area (Å²) in [6.07, 6.45) is 1.27. The van der Waals surface area contributed by atoms with Crippen molar-refractivity contribution in [1.82, 2.24) is 20.6 Å².